The molecule has 1 amide bonds. The number of nitrogens with one attached hydrogen (secondary N) is 2. The molecule has 2 aromatic heterocycles. The minimum absolute atomic E-state index is 0.0174. The van der Waals surface area contributed by atoms with Gasteiger partial charge < -0.3 is 15.0 Å². The van der Waals surface area contributed by atoms with E-state index >= 15 is 0 Å². The smallest absolute Gasteiger partial charge is 0.328 e. The van der Waals surface area contributed by atoms with E-state index in [1.165, 1.54) is 24.3 Å². The summed E-state index contributed by atoms with van der Waals surface area (Å²) in [6, 6.07) is -0.781. The van der Waals surface area contributed by atoms with Crippen LogP contribution in [0.5, 0.6) is 0 Å². The zero-order valence-electron chi connectivity index (χ0n) is 10.8. The quantitative estimate of drug-likeness (QED) is 0.648. The number of nitrogens with zero attached hydrogens (tertiary/aromatic N) is 4. The molecule has 2 heterocycles. The molecule has 0 spiro atoms. The van der Waals surface area contributed by atoms with E-state index < -0.39 is 12.0 Å². The van der Waals surface area contributed by atoms with Crippen LogP contribution in [0.15, 0.2) is 24.9 Å². The summed E-state index contributed by atoms with van der Waals surface area (Å²) in [6.07, 6.45) is 6.38. The van der Waals surface area contributed by atoms with Crippen molar-refractivity contribution in [3.8, 4) is 0 Å². The van der Waals surface area contributed by atoms with Crippen LogP contribution in [0.1, 0.15) is 5.69 Å². The second kappa shape index (κ2) is 6.45. The van der Waals surface area contributed by atoms with Crippen LogP contribution in [-0.4, -0.2) is 50.0 Å². The molecule has 0 saturated carbocycles. The Hall–Kier alpha value is -2.71. The molecule has 2 rings (SSSR count). The summed E-state index contributed by atoms with van der Waals surface area (Å²) in [4.78, 5) is 30.2. The van der Waals surface area contributed by atoms with Crippen molar-refractivity contribution in [1.29, 1.82) is 0 Å². The Morgan fingerprint density at radius 2 is 2.40 bits per heavy atom. The Labute approximate surface area is 114 Å². The van der Waals surface area contributed by atoms with E-state index in [9.17, 15) is 9.59 Å². The van der Waals surface area contributed by atoms with Crippen molar-refractivity contribution in [1.82, 2.24) is 30.3 Å². The second-order valence-electron chi connectivity index (χ2n) is 4.02. The van der Waals surface area contributed by atoms with E-state index in [1.807, 2.05) is 0 Å². The summed E-state index contributed by atoms with van der Waals surface area (Å²) in [7, 11) is 1.27. The van der Waals surface area contributed by atoms with Crippen molar-refractivity contribution in [2.24, 2.45) is 0 Å². The number of aromatic amines is 1. The van der Waals surface area contributed by atoms with Crippen LogP contribution in [0.25, 0.3) is 0 Å². The topological polar surface area (TPSA) is 115 Å². The highest BCUT2D eigenvalue weighted by Gasteiger charge is 2.22. The number of amides is 1. The van der Waals surface area contributed by atoms with Gasteiger partial charge in [0, 0.05) is 24.5 Å². The molecule has 0 aliphatic carbocycles. The minimum Gasteiger partial charge on any atom is -0.467 e. The van der Waals surface area contributed by atoms with Crippen molar-refractivity contribution in [3.63, 3.8) is 0 Å². The largest absolute Gasteiger partial charge is 0.467 e. The van der Waals surface area contributed by atoms with Gasteiger partial charge in [-0.1, -0.05) is 5.21 Å². The predicted molar refractivity (Wildman–Crippen MR) is 66.3 cm³/mol. The molecule has 0 fully saturated rings. The number of ether oxygens (including phenoxy) is 1. The average molecular weight is 278 g/mol. The molecular formula is C11H14N6O3. The molecule has 0 bridgehead atoms. The molecule has 20 heavy (non-hydrogen) atoms. The molecule has 9 nitrogen and oxygen atoms in total. The maximum Gasteiger partial charge on any atom is 0.328 e. The predicted octanol–water partition coefficient (Wildman–Crippen LogP) is -1.10. The normalized spacial score (nSPS) is 11.8. The number of methoxy groups -OCH3 is 1. The standard InChI is InChI=1S/C11H14N6O3/c1-20-11(19)9(4-8-5-12-7-13-8)15-10(18)6-17-3-2-14-16-17/h2-3,5,7,9H,4,6H2,1H3,(H,12,13)(H,15,18)/t9-/m0/s1. The zero-order chi connectivity index (χ0) is 14.4. The van der Waals surface area contributed by atoms with Crippen molar-refractivity contribution < 1.29 is 14.3 Å². The van der Waals surface area contributed by atoms with E-state index in [1.54, 1.807) is 12.4 Å². The number of hydrogen-bond donors (Lipinski definition) is 2. The fraction of sp³-hybridized carbons (Fsp3) is 0.364. The van der Waals surface area contributed by atoms with Gasteiger partial charge >= 0.3 is 5.97 Å². The fourth-order valence-electron chi connectivity index (χ4n) is 1.66. The van der Waals surface area contributed by atoms with Gasteiger partial charge in [0.25, 0.3) is 0 Å². The number of imidazole rings is 1. The molecule has 0 unspecified atom stereocenters. The van der Waals surface area contributed by atoms with E-state index in [0.29, 0.717) is 0 Å². The van der Waals surface area contributed by atoms with Crippen molar-refractivity contribution in [3.05, 3.63) is 30.6 Å². The molecular weight excluding hydrogens is 264 g/mol. The monoisotopic (exact) mass is 278 g/mol. The first-order valence-corrected chi connectivity index (χ1v) is 5.87. The first kappa shape index (κ1) is 13.7. The van der Waals surface area contributed by atoms with Crippen LogP contribution in [0.4, 0.5) is 0 Å². The molecule has 0 aliphatic rings. The molecule has 106 valence electrons. The average Bonchev–Trinajstić information content (AvgIpc) is 3.10. The maximum atomic E-state index is 11.8. The first-order chi connectivity index (χ1) is 9.69. The van der Waals surface area contributed by atoms with E-state index in [4.69, 9.17) is 0 Å². The Morgan fingerprint density at radius 3 is 3.00 bits per heavy atom. The SMILES string of the molecule is COC(=O)[C@H](Cc1cnc[nH]1)NC(=O)Cn1ccnn1. The Balaban J connectivity index is 1.96. The third-order valence-corrected chi connectivity index (χ3v) is 2.58. The third-order valence-electron chi connectivity index (χ3n) is 2.58. The highest BCUT2D eigenvalue weighted by Crippen LogP contribution is 2.00. The molecule has 0 radical (unpaired) electrons. The highest BCUT2D eigenvalue weighted by atomic mass is 16.5. The Kier molecular flexibility index (Phi) is 4.43. The molecule has 0 aromatic carbocycles. The van der Waals surface area contributed by atoms with Gasteiger partial charge in [0.15, 0.2) is 0 Å². The summed E-state index contributed by atoms with van der Waals surface area (Å²) >= 11 is 0. The lowest BCUT2D eigenvalue weighted by molar-refractivity contribution is -0.145. The van der Waals surface area contributed by atoms with Gasteiger partial charge in [-0.3, -0.25) is 4.79 Å². The van der Waals surface area contributed by atoms with Crippen LogP contribution in [0, 0.1) is 0 Å². The lowest BCUT2D eigenvalue weighted by Crippen LogP contribution is -2.44. The molecule has 0 aliphatic heterocycles. The number of esters is 1. The van der Waals surface area contributed by atoms with E-state index in [0.717, 1.165) is 5.69 Å². The Morgan fingerprint density at radius 1 is 1.55 bits per heavy atom. The van der Waals surface area contributed by atoms with E-state index in [-0.39, 0.29) is 18.9 Å². The van der Waals surface area contributed by atoms with Crippen molar-refractivity contribution in [2.75, 3.05) is 7.11 Å². The number of H-pyrrole nitrogens is 1. The number of rotatable bonds is 6. The van der Waals surface area contributed by atoms with Crippen LogP contribution in [-0.2, 0) is 27.3 Å². The van der Waals surface area contributed by atoms with Gasteiger partial charge in [0.05, 0.1) is 19.6 Å². The highest BCUT2D eigenvalue weighted by molar-refractivity contribution is 5.84. The number of carbonyl (C=O) groups excluding carboxylic acids is 2. The molecule has 9 heteroatoms. The van der Waals surface area contributed by atoms with Gasteiger partial charge in [-0.25, -0.2) is 14.5 Å². The van der Waals surface area contributed by atoms with Crippen molar-refractivity contribution in [2.45, 2.75) is 19.0 Å². The van der Waals surface area contributed by atoms with Crippen LogP contribution < -0.4 is 5.32 Å². The molecule has 0 saturated heterocycles. The van der Waals surface area contributed by atoms with E-state index in [2.05, 4.69) is 30.3 Å². The lowest BCUT2D eigenvalue weighted by atomic mass is 10.1. The third kappa shape index (κ3) is 3.64. The van der Waals surface area contributed by atoms with Crippen LogP contribution in [0.3, 0.4) is 0 Å². The van der Waals surface area contributed by atoms with Gasteiger partial charge in [-0.05, 0) is 0 Å². The summed E-state index contributed by atoms with van der Waals surface area (Å²) in [5.74, 6) is -0.878. The fourth-order valence-corrected chi connectivity index (χ4v) is 1.66. The summed E-state index contributed by atoms with van der Waals surface area (Å²) < 4.78 is 6.04. The van der Waals surface area contributed by atoms with Crippen LogP contribution in [0.2, 0.25) is 0 Å². The van der Waals surface area contributed by atoms with Gasteiger partial charge in [-0.2, -0.15) is 0 Å². The minimum atomic E-state index is -0.781. The summed E-state index contributed by atoms with van der Waals surface area (Å²) in [6.45, 7) is -0.0174. The van der Waals surface area contributed by atoms with Gasteiger partial charge in [0.2, 0.25) is 5.91 Å². The Bertz CT molecular complexity index is 551. The number of carbonyl (C=O) groups is 2. The van der Waals surface area contributed by atoms with Crippen molar-refractivity contribution >= 4 is 11.9 Å². The summed E-state index contributed by atoms with van der Waals surface area (Å²) in [5, 5.41) is 9.87. The molecule has 1 atom stereocenters. The lowest BCUT2D eigenvalue weighted by Gasteiger charge is -2.15. The molecule has 2 N–H and O–H groups in total. The number of aromatic nitrogens is 5. The van der Waals surface area contributed by atoms with Crippen LogP contribution >= 0.6 is 0 Å². The summed E-state index contributed by atoms with van der Waals surface area (Å²) in [5.41, 5.74) is 0.724. The zero-order valence-corrected chi connectivity index (χ0v) is 10.8. The maximum absolute atomic E-state index is 11.8. The number of hydrogen-bond acceptors (Lipinski definition) is 6. The van der Waals surface area contributed by atoms with Gasteiger partial charge in [-0.15, -0.1) is 5.10 Å². The molecule has 2 aromatic rings. The first-order valence-electron chi connectivity index (χ1n) is 5.87. The second-order valence-corrected chi connectivity index (χ2v) is 4.02. The van der Waals surface area contributed by atoms with Gasteiger partial charge in [0.1, 0.15) is 12.6 Å².